The molecule has 0 bridgehead atoms. The molecule has 94 valence electrons. The molecule has 0 radical (unpaired) electrons. The number of aliphatic carboxylic acids is 1. The molecule has 5 heteroatoms. The van der Waals surface area contributed by atoms with Crippen LogP contribution in [0.3, 0.4) is 0 Å². The molecule has 1 atom stereocenters. The van der Waals surface area contributed by atoms with E-state index in [2.05, 4.69) is 10.2 Å². The van der Waals surface area contributed by atoms with E-state index in [-0.39, 0.29) is 0 Å². The van der Waals surface area contributed by atoms with Gasteiger partial charge in [0.25, 0.3) is 0 Å². The van der Waals surface area contributed by atoms with Crippen LogP contribution in [0.25, 0.3) is 0 Å². The van der Waals surface area contributed by atoms with Gasteiger partial charge < -0.3 is 20.1 Å². The normalized spacial score (nSPS) is 20.9. The maximum atomic E-state index is 11.0. The third-order valence-electron chi connectivity index (χ3n) is 3.06. The minimum absolute atomic E-state index is 0.346. The lowest BCUT2D eigenvalue weighted by molar-refractivity contribution is -0.140. The molecule has 1 fully saturated rings. The largest absolute Gasteiger partial charge is 0.480 e. The van der Waals surface area contributed by atoms with E-state index in [0.29, 0.717) is 19.2 Å². The average Bonchev–Trinajstić information content (AvgIpc) is 2.29. The molecule has 1 heterocycles. The Labute approximate surface area is 96.8 Å². The van der Waals surface area contributed by atoms with Gasteiger partial charge in [-0.1, -0.05) is 6.92 Å². The summed E-state index contributed by atoms with van der Waals surface area (Å²) in [5, 5.41) is 12.0. The molecular formula is C11H22N2O3. The minimum Gasteiger partial charge on any atom is -0.480 e. The Bertz CT molecular complexity index is 215. The van der Waals surface area contributed by atoms with Crippen LogP contribution in [0.2, 0.25) is 0 Å². The summed E-state index contributed by atoms with van der Waals surface area (Å²) in [6.45, 7) is 5.04. The Kier molecular flexibility index (Phi) is 5.73. The van der Waals surface area contributed by atoms with E-state index in [9.17, 15) is 4.79 Å². The smallest absolute Gasteiger partial charge is 0.322 e. The number of carboxylic acids is 1. The first kappa shape index (κ1) is 13.4. The summed E-state index contributed by atoms with van der Waals surface area (Å²) in [6, 6.07) is -0.455. The zero-order valence-corrected chi connectivity index (χ0v) is 10.1. The highest BCUT2D eigenvalue weighted by Crippen LogP contribution is 2.12. The third-order valence-corrected chi connectivity index (χ3v) is 3.06. The monoisotopic (exact) mass is 230 g/mol. The number of ether oxygens (including phenoxy) is 1. The van der Waals surface area contributed by atoms with Gasteiger partial charge in [-0.25, -0.2) is 0 Å². The molecule has 0 aromatic heterocycles. The number of likely N-dealkylation sites (N-methyl/N-ethyl adjacent to an activating group) is 1. The van der Waals surface area contributed by atoms with Crippen LogP contribution < -0.4 is 5.32 Å². The fourth-order valence-electron chi connectivity index (χ4n) is 2.06. The molecule has 2 N–H and O–H groups in total. The predicted molar refractivity (Wildman–Crippen MR) is 61.6 cm³/mol. The zero-order chi connectivity index (χ0) is 12.0. The summed E-state index contributed by atoms with van der Waals surface area (Å²) in [5.74, 6) is -0.768. The van der Waals surface area contributed by atoms with Gasteiger partial charge in [0, 0.05) is 26.7 Å². The standard InChI is InChI=1S/C11H22N2O3/c1-3-12-10(11(14)15)8-13-6-4-9(16-2)5-7-13/h9-10,12H,3-8H2,1-2H3,(H,14,15). The van der Waals surface area contributed by atoms with Crippen LogP contribution in [0.4, 0.5) is 0 Å². The maximum absolute atomic E-state index is 11.0. The van der Waals surface area contributed by atoms with Crippen molar-refractivity contribution >= 4 is 5.97 Å². The third kappa shape index (κ3) is 4.08. The topological polar surface area (TPSA) is 61.8 Å². The zero-order valence-electron chi connectivity index (χ0n) is 10.1. The molecule has 1 unspecified atom stereocenters. The van der Waals surface area contributed by atoms with Crippen molar-refractivity contribution in [2.24, 2.45) is 0 Å². The molecular weight excluding hydrogens is 208 g/mol. The SMILES string of the molecule is CCNC(CN1CCC(OC)CC1)C(=O)O. The van der Waals surface area contributed by atoms with Gasteiger partial charge in [0.1, 0.15) is 6.04 Å². The van der Waals surface area contributed by atoms with Crippen LogP contribution in [0.1, 0.15) is 19.8 Å². The maximum Gasteiger partial charge on any atom is 0.322 e. The second-order valence-electron chi connectivity index (χ2n) is 4.18. The van der Waals surface area contributed by atoms with Crippen molar-refractivity contribution in [3.8, 4) is 0 Å². The van der Waals surface area contributed by atoms with E-state index in [1.165, 1.54) is 0 Å². The van der Waals surface area contributed by atoms with Crippen LogP contribution in [-0.2, 0) is 9.53 Å². The molecule has 16 heavy (non-hydrogen) atoms. The predicted octanol–water partition coefficient (Wildman–Crippen LogP) is 0.160. The molecule has 1 rings (SSSR count). The van der Waals surface area contributed by atoms with E-state index in [4.69, 9.17) is 9.84 Å². The number of methoxy groups -OCH3 is 1. The molecule has 0 amide bonds. The van der Waals surface area contributed by atoms with Crippen molar-refractivity contribution in [3.63, 3.8) is 0 Å². The van der Waals surface area contributed by atoms with Crippen LogP contribution in [-0.4, -0.2) is 61.4 Å². The molecule has 1 saturated heterocycles. The molecule has 0 spiro atoms. The number of likely N-dealkylation sites (tertiary alicyclic amines) is 1. The fraction of sp³-hybridized carbons (Fsp3) is 0.909. The summed E-state index contributed by atoms with van der Waals surface area (Å²) in [7, 11) is 1.74. The highest BCUT2D eigenvalue weighted by molar-refractivity contribution is 5.73. The lowest BCUT2D eigenvalue weighted by Gasteiger charge is -2.32. The van der Waals surface area contributed by atoms with Gasteiger partial charge in [-0.05, 0) is 19.4 Å². The van der Waals surface area contributed by atoms with Gasteiger partial charge in [-0.3, -0.25) is 4.79 Å². The first-order chi connectivity index (χ1) is 7.67. The summed E-state index contributed by atoms with van der Waals surface area (Å²) >= 11 is 0. The molecule has 1 aliphatic heterocycles. The Morgan fingerprint density at radius 1 is 1.56 bits per heavy atom. The van der Waals surface area contributed by atoms with Crippen LogP contribution in [0, 0.1) is 0 Å². The Balaban J connectivity index is 2.33. The van der Waals surface area contributed by atoms with Crippen molar-refractivity contribution in [2.45, 2.75) is 31.9 Å². The molecule has 0 aliphatic carbocycles. The first-order valence-electron chi connectivity index (χ1n) is 5.88. The number of nitrogens with one attached hydrogen (secondary N) is 1. The van der Waals surface area contributed by atoms with E-state index < -0.39 is 12.0 Å². The number of carbonyl (C=O) groups is 1. The summed E-state index contributed by atoms with van der Waals surface area (Å²) in [6.07, 6.45) is 2.34. The van der Waals surface area contributed by atoms with Crippen LogP contribution >= 0.6 is 0 Å². The van der Waals surface area contributed by atoms with Crippen LogP contribution in [0.5, 0.6) is 0 Å². The first-order valence-corrected chi connectivity index (χ1v) is 5.88. The summed E-state index contributed by atoms with van der Waals surface area (Å²) in [5.41, 5.74) is 0. The van der Waals surface area contributed by atoms with E-state index in [0.717, 1.165) is 25.9 Å². The number of piperidine rings is 1. The molecule has 5 nitrogen and oxygen atoms in total. The van der Waals surface area contributed by atoms with Gasteiger partial charge >= 0.3 is 5.97 Å². The number of carboxylic acid groups (broad SMARTS) is 1. The number of nitrogens with zero attached hydrogens (tertiary/aromatic N) is 1. The lowest BCUT2D eigenvalue weighted by Crippen LogP contribution is -2.48. The molecule has 0 saturated carbocycles. The second-order valence-corrected chi connectivity index (χ2v) is 4.18. The van der Waals surface area contributed by atoms with Gasteiger partial charge in [0.15, 0.2) is 0 Å². The quantitative estimate of drug-likeness (QED) is 0.680. The van der Waals surface area contributed by atoms with Crippen molar-refractivity contribution in [3.05, 3.63) is 0 Å². The van der Waals surface area contributed by atoms with E-state index >= 15 is 0 Å². The highest BCUT2D eigenvalue weighted by Gasteiger charge is 2.24. The summed E-state index contributed by atoms with van der Waals surface area (Å²) in [4.78, 5) is 13.2. The van der Waals surface area contributed by atoms with Crippen LogP contribution in [0.15, 0.2) is 0 Å². The van der Waals surface area contributed by atoms with Crippen molar-refractivity contribution < 1.29 is 14.6 Å². The van der Waals surface area contributed by atoms with Gasteiger partial charge in [-0.2, -0.15) is 0 Å². The highest BCUT2D eigenvalue weighted by atomic mass is 16.5. The van der Waals surface area contributed by atoms with E-state index in [1.54, 1.807) is 7.11 Å². The van der Waals surface area contributed by atoms with Crippen molar-refractivity contribution in [2.75, 3.05) is 33.3 Å². The number of hydrogen-bond acceptors (Lipinski definition) is 4. The number of rotatable bonds is 6. The second kappa shape index (κ2) is 6.83. The average molecular weight is 230 g/mol. The summed E-state index contributed by atoms with van der Waals surface area (Å²) < 4.78 is 5.28. The lowest BCUT2D eigenvalue weighted by atomic mass is 10.1. The van der Waals surface area contributed by atoms with E-state index in [1.807, 2.05) is 6.92 Å². The Morgan fingerprint density at radius 2 is 2.19 bits per heavy atom. The Hall–Kier alpha value is -0.650. The van der Waals surface area contributed by atoms with Crippen molar-refractivity contribution in [1.29, 1.82) is 0 Å². The Morgan fingerprint density at radius 3 is 2.62 bits per heavy atom. The molecule has 0 aromatic carbocycles. The molecule has 1 aliphatic rings. The van der Waals surface area contributed by atoms with Gasteiger partial charge in [0.05, 0.1) is 6.10 Å². The van der Waals surface area contributed by atoms with Gasteiger partial charge in [0.2, 0.25) is 0 Å². The fourth-order valence-corrected chi connectivity index (χ4v) is 2.06. The van der Waals surface area contributed by atoms with Gasteiger partial charge in [-0.15, -0.1) is 0 Å². The molecule has 0 aromatic rings. The van der Waals surface area contributed by atoms with Crippen molar-refractivity contribution in [1.82, 2.24) is 10.2 Å². The number of hydrogen-bond donors (Lipinski definition) is 2. The minimum atomic E-state index is -0.768.